The largest absolute Gasteiger partial charge is 0.497 e. The van der Waals surface area contributed by atoms with E-state index in [1.54, 1.807) is 31.7 Å². The van der Waals surface area contributed by atoms with Gasteiger partial charge in [-0.15, -0.1) is 11.3 Å². The number of ether oxygens (including phenoxy) is 2. The molecule has 1 aliphatic carbocycles. The lowest BCUT2D eigenvalue weighted by atomic mass is 9.81. The number of hydrogen-bond donors (Lipinski definition) is 1. The van der Waals surface area contributed by atoms with Crippen LogP contribution in [0.3, 0.4) is 0 Å². The van der Waals surface area contributed by atoms with Gasteiger partial charge in [-0.2, -0.15) is 0 Å². The Morgan fingerprint density at radius 1 is 1.17 bits per heavy atom. The molecule has 30 heavy (non-hydrogen) atoms. The fraction of sp³-hybridized carbons (Fsp3) is 0.429. The number of nitrogens with zero attached hydrogens (tertiary/aromatic N) is 2. The van der Waals surface area contributed by atoms with Crippen molar-refractivity contribution in [1.82, 2.24) is 9.88 Å². The molecule has 0 radical (unpaired) electrons. The van der Waals surface area contributed by atoms with Gasteiger partial charge in [-0.25, -0.2) is 4.98 Å². The molecule has 1 aromatic carbocycles. The number of imide groups is 1. The average molecular weight is 429 g/mol. The molecule has 8 nitrogen and oxygen atoms in total. The molecule has 1 N–H and O–H groups in total. The third-order valence-electron chi connectivity index (χ3n) is 5.67. The van der Waals surface area contributed by atoms with E-state index in [0.29, 0.717) is 22.3 Å². The number of hydrogen-bond acceptors (Lipinski definition) is 7. The molecule has 2 heterocycles. The number of likely N-dealkylation sites (tertiary alicyclic amines) is 1. The molecule has 2 atom stereocenters. The van der Waals surface area contributed by atoms with Crippen molar-refractivity contribution >= 4 is 34.2 Å². The molecule has 3 amide bonds. The van der Waals surface area contributed by atoms with E-state index < -0.39 is 5.91 Å². The van der Waals surface area contributed by atoms with Gasteiger partial charge < -0.3 is 14.8 Å². The fourth-order valence-corrected chi connectivity index (χ4v) is 4.89. The van der Waals surface area contributed by atoms with Crippen LogP contribution in [0.1, 0.15) is 25.7 Å². The monoisotopic (exact) mass is 429 g/mol. The fourth-order valence-electron chi connectivity index (χ4n) is 4.16. The zero-order valence-corrected chi connectivity index (χ0v) is 17.7. The first-order valence-corrected chi connectivity index (χ1v) is 10.7. The molecule has 2 fully saturated rings. The number of rotatable bonds is 6. The lowest BCUT2D eigenvalue weighted by Crippen LogP contribution is -2.38. The summed E-state index contributed by atoms with van der Waals surface area (Å²) in [5.74, 6) is -0.0979. The van der Waals surface area contributed by atoms with Crippen molar-refractivity contribution in [2.24, 2.45) is 11.8 Å². The van der Waals surface area contributed by atoms with Crippen LogP contribution < -0.4 is 14.8 Å². The van der Waals surface area contributed by atoms with Crippen LogP contribution in [0.25, 0.3) is 11.3 Å². The van der Waals surface area contributed by atoms with Gasteiger partial charge in [0.1, 0.15) is 18.0 Å². The van der Waals surface area contributed by atoms with Gasteiger partial charge in [0.25, 0.3) is 0 Å². The Labute approximate surface area is 178 Å². The van der Waals surface area contributed by atoms with Gasteiger partial charge in [0.05, 0.1) is 31.7 Å². The number of fused-ring (bicyclic) bond motifs is 1. The summed E-state index contributed by atoms with van der Waals surface area (Å²) in [7, 11) is 3.15. The van der Waals surface area contributed by atoms with Crippen molar-refractivity contribution in [2.75, 3.05) is 26.1 Å². The normalized spacial score (nSPS) is 20.8. The van der Waals surface area contributed by atoms with Gasteiger partial charge >= 0.3 is 0 Å². The van der Waals surface area contributed by atoms with Crippen LogP contribution in [0.5, 0.6) is 11.5 Å². The summed E-state index contributed by atoms with van der Waals surface area (Å²) < 4.78 is 10.7. The molecule has 9 heteroatoms. The molecule has 0 unspecified atom stereocenters. The number of methoxy groups -OCH3 is 2. The number of aromatic nitrogens is 1. The van der Waals surface area contributed by atoms with Gasteiger partial charge in [0, 0.05) is 10.9 Å². The van der Waals surface area contributed by atoms with Crippen LogP contribution in [-0.2, 0) is 14.4 Å². The van der Waals surface area contributed by atoms with Gasteiger partial charge in [0.15, 0.2) is 5.13 Å². The highest BCUT2D eigenvalue weighted by molar-refractivity contribution is 7.14. The maximum absolute atomic E-state index is 12.5. The van der Waals surface area contributed by atoms with Crippen LogP contribution in [0, 0.1) is 11.8 Å². The smallest absolute Gasteiger partial charge is 0.246 e. The third-order valence-corrected chi connectivity index (χ3v) is 6.42. The minimum absolute atomic E-state index is 0.221. The minimum Gasteiger partial charge on any atom is -0.497 e. The lowest BCUT2D eigenvalue weighted by molar-refractivity contribution is -0.142. The number of carbonyl (C=O) groups is 3. The predicted molar refractivity (Wildman–Crippen MR) is 111 cm³/mol. The molecule has 0 bridgehead atoms. The number of anilines is 1. The van der Waals surface area contributed by atoms with Crippen molar-refractivity contribution in [3.05, 3.63) is 23.6 Å². The Bertz CT molecular complexity index is 965. The Morgan fingerprint density at radius 3 is 2.50 bits per heavy atom. The molecule has 2 aromatic rings. The van der Waals surface area contributed by atoms with E-state index in [1.165, 1.54) is 11.3 Å². The summed E-state index contributed by atoms with van der Waals surface area (Å²) in [6, 6.07) is 5.39. The summed E-state index contributed by atoms with van der Waals surface area (Å²) >= 11 is 1.26. The first-order valence-electron chi connectivity index (χ1n) is 9.85. The van der Waals surface area contributed by atoms with E-state index in [-0.39, 0.29) is 30.2 Å². The molecule has 158 valence electrons. The Morgan fingerprint density at radius 2 is 1.87 bits per heavy atom. The number of amides is 3. The zero-order valence-electron chi connectivity index (χ0n) is 16.8. The van der Waals surface area contributed by atoms with Gasteiger partial charge in [-0.05, 0) is 31.0 Å². The maximum atomic E-state index is 12.5. The molecule has 1 saturated carbocycles. The van der Waals surface area contributed by atoms with E-state index in [4.69, 9.17) is 9.47 Å². The Kier molecular flexibility index (Phi) is 5.72. The molecule has 1 aromatic heterocycles. The first-order chi connectivity index (χ1) is 14.5. The average Bonchev–Trinajstić information content (AvgIpc) is 3.32. The van der Waals surface area contributed by atoms with E-state index in [2.05, 4.69) is 10.3 Å². The first kappa shape index (κ1) is 20.3. The van der Waals surface area contributed by atoms with Crippen LogP contribution in [0.4, 0.5) is 5.13 Å². The molecular formula is C21H23N3O5S. The van der Waals surface area contributed by atoms with Gasteiger partial charge in [0.2, 0.25) is 17.7 Å². The standard InChI is InChI=1S/C21H23N3O5S/c1-28-12-7-8-17(29-2)15(9-12)16-11-30-21(22-16)23-18(25)10-24-19(26)13-5-3-4-6-14(13)20(24)27/h7-9,11,13-14H,3-6,10H2,1-2H3,(H,22,23,25)/t13-,14+. The molecular weight excluding hydrogens is 406 g/mol. The highest BCUT2D eigenvalue weighted by atomic mass is 32.1. The Hall–Kier alpha value is -2.94. The van der Waals surface area contributed by atoms with Crippen molar-refractivity contribution in [1.29, 1.82) is 0 Å². The van der Waals surface area contributed by atoms with Crippen LogP contribution in [0.15, 0.2) is 23.6 Å². The zero-order chi connectivity index (χ0) is 21.3. The van der Waals surface area contributed by atoms with E-state index in [1.807, 2.05) is 6.07 Å². The predicted octanol–water partition coefficient (Wildman–Crippen LogP) is 2.94. The number of carbonyl (C=O) groups excluding carboxylic acids is 3. The number of thiazole rings is 1. The number of benzene rings is 1. The highest BCUT2D eigenvalue weighted by Crippen LogP contribution is 2.38. The second-order valence-electron chi connectivity index (χ2n) is 7.41. The molecule has 4 rings (SSSR count). The molecule has 1 aliphatic heterocycles. The SMILES string of the molecule is COc1ccc(OC)c(-c2csc(NC(=O)CN3C(=O)[C@H]4CCCC[C@H]4C3=O)n2)c1. The molecule has 2 aliphatic rings. The molecule has 0 spiro atoms. The highest BCUT2D eigenvalue weighted by Gasteiger charge is 2.48. The quantitative estimate of drug-likeness (QED) is 0.709. The van der Waals surface area contributed by atoms with Crippen LogP contribution >= 0.6 is 11.3 Å². The van der Waals surface area contributed by atoms with Crippen molar-refractivity contribution in [2.45, 2.75) is 25.7 Å². The summed E-state index contributed by atoms with van der Waals surface area (Å²) in [6.07, 6.45) is 3.36. The maximum Gasteiger partial charge on any atom is 0.246 e. The topological polar surface area (TPSA) is 97.8 Å². The van der Waals surface area contributed by atoms with Crippen molar-refractivity contribution in [3.63, 3.8) is 0 Å². The van der Waals surface area contributed by atoms with Gasteiger partial charge in [-0.3, -0.25) is 19.3 Å². The summed E-state index contributed by atoms with van der Waals surface area (Å²) in [5.41, 5.74) is 1.37. The summed E-state index contributed by atoms with van der Waals surface area (Å²) in [6.45, 7) is -0.276. The van der Waals surface area contributed by atoms with Crippen molar-refractivity contribution in [3.8, 4) is 22.8 Å². The number of nitrogens with one attached hydrogen (secondary N) is 1. The second kappa shape index (κ2) is 8.43. The Balaban J connectivity index is 1.45. The van der Waals surface area contributed by atoms with Crippen molar-refractivity contribution < 1.29 is 23.9 Å². The van der Waals surface area contributed by atoms with Crippen LogP contribution in [-0.4, -0.2) is 48.4 Å². The van der Waals surface area contributed by atoms with E-state index in [0.717, 1.165) is 36.1 Å². The third kappa shape index (κ3) is 3.77. The summed E-state index contributed by atoms with van der Waals surface area (Å²) in [4.78, 5) is 43.1. The van der Waals surface area contributed by atoms with Gasteiger partial charge in [-0.1, -0.05) is 12.8 Å². The van der Waals surface area contributed by atoms with E-state index >= 15 is 0 Å². The summed E-state index contributed by atoms with van der Waals surface area (Å²) in [5, 5.41) is 4.88. The van der Waals surface area contributed by atoms with Crippen LogP contribution in [0.2, 0.25) is 0 Å². The lowest BCUT2D eigenvalue weighted by Gasteiger charge is -2.19. The van der Waals surface area contributed by atoms with E-state index in [9.17, 15) is 14.4 Å². The minimum atomic E-state index is -0.436. The molecule has 1 saturated heterocycles. The second-order valence-corrected chi connectivity index (χ2v) is 8.27.